The maximum absolute atomic E-state index is 12.5. The number of pyridine rings is 1. The quantitative estimate of drug-likeness (QED) is 0.0318. The maximum atomic E-state index is 12.5. The number of rotatable bonds is 34. The van der Waals surface area contributed by atoms with Gasteiger partial charge in [-0.05, 0) is 157 Å². The zero-order valence-corrected chi connectivity index (χ0v) is 59.3. The molecule has 0 bridgehead atoms. The van der Waals surface area contributed by atoms with Crippen molar-refractivity contribution in [3.05, 3.63) is 229 Å². The Morgan fingerprint density at radius 1 is 0.541 bits per heavy atom. The van der Waals surface area contributed by atoms with Gasteiger partial charge in [0.25, 0.3) is 0 Å². The van der Waals surface area contributed by atoms with Gasteiger partial charge in [-0.3, -0.25) is 14.6 Å². The van der Waals surface area contributed by atoms with Crippen LogP contribution in [0.1, 0.15) is 238 Å². The van der Waals surface area contributed by atoms with Gasteiger partial charge in [-0.25, -0.2) is 14.6 Å². The molecule has 0 fully saturated rings. The number of aliphatic carboxylic acids is 2. The fraction of sp³-hybridized carbons (Fsp3) is 0.388. The number of hydrogen-bond donors (Lipinski definition) is 3. The van der Waals surface area contributed by atoms with Gasteiger partial charge >= 0.3 is 11.9 Å². The third kappa shape index (κ3) is 21.0. The molecule has 3 heterocycles. The summed E-state index contributed by atoms with van der Waals surface area (Å²) in [6.45, 7) is 23.0. The highest BCUT2D eigenvalue weighted by Gasteiger charge is 2.29. The first kappa shape index (κ1) is 75.9. The Morgan fingerprint density at radius 3 is 1.43 bits per heavy atom. The summed E-state index contributed by atoms with van der Waals surface area (Å²) >= 11 is 6.01. The number of halogens is 1. The molecule has 0 saturated heterocycles. The van der Waals surface area contributed by atoms with Crippen LogP contribution < -0.4 is 18.9 Å². The molecular formula is C80H95ClN6O11. The smallest absolute Gasteiger partial charge is 0.349 e. The number of aryl methyl sites for hydroxylation is 7. The van der Waals surface area contributed by atoms with Crippen molar-refractivity contribution in [3.63, 3.8) is 0 Å². The van der Waals surface area contributed by atoms with E-state index in [0.717, 1.165) is 150 Å². The first-order valence-electron chi connectivity index (χ1n) is 34.5. The van der Waals surface area contributed by atoms with Crippen LogP contribution >= 0.6 is 11.6 Å². The minimum absolute atomic E-state index is 0.0818. The van der Waals surface area contributed by atoms with Crippen molar-refractivity contribution >= 4 is 35.1 Å². The highest BCUT2D eigenvalue weighted by molar-refractivity contribution is 6.30. The average molecular weight is 1350 g/mol. The van der Waals surface area contributed by atoms with E-state index in [-0.39, 0.29) is 11.6 Å². The lowest BCUT2D eigenvalue weighted by atomic mass is 9.95. The normalized spacial score (nSPS) is 11.9. The summed E-state index contributed by atoms with van der Waals surface area (Å²) in [5.74, 6) is 3.21. The number of carboxylic acids is 2. The Bertz CT molecular complexity index is 3910. The molecule has 9 rings (SSSR count). The first-order chi connectivity index (χ1) is 47.4. The molecule has 3 N–H and O–H groups in total. The van der Waals surface area contributed by atoms with E-state index in [9.17, 15) is 29.4 Å². The highest BCUT2D eigenvalue weighted by Crippen LogP contribution is 2.39. The molecule has 3 unspecified atom stereocenters. The fourth-order valence-electron chi connectivity index (χ4n) is 11.5. The predicted molar refractivity (Wildman–Crippen MR) is 383 cm³/mol. The topological polar surface area (TPSA) is 239 Å². The van der Waals surface area contributed by atoms with Gasteiger partial charge in [0.05, 0.1) is 12.3 Å². The number of Topliss-reactive ketones (excluding diaryl/α,β-unsaturated/α-hetero) is 2. The van der Waals surface area contributed by atoms with Crippen LogP contribution in [0, 0.1) is 6.92 Å². The van der Waals surface area contributed by atoms with Crippen LogP contribution in [0.2, 0.25) is 5.02 Å². The van der Waals surface area contributed by atoms with E-state index in [0.29, 0.717) is 76.7 Å². The second-order valence-electron chi connectivity index (χ2n) is 24.5. The van der Waals surface area contributed by atoms with E-state index < -0.39 is 30.3 Å². The number of hydrogen-bond acceptors (Lipinski definition) is 14. The summed E-state index contributed by atoms with van der Waals surface area (Å²) in [6.07, 6.45) is 11.9. The fourth-order valence-corrected chi connectivity index (χ4v) is 11.6. The van der Waals surface area contributed by atoms with E-state index in [1.165, 1.54) is 11.8 Å². The molecule has 3 aromatic heterocycles. The number of aromatic nitrogens is 6. The van der Waals surface area contributed by atoms with Gasteiger partial charge in [-0.15, -0.1) is 10.2 Å². The highest BCUT2D eigenvalue weighted by atomic mass is 35.5. The SMILES string of the molecule is CCCc1cc(C(=O)CC)cc(CCC)c1OC(C(=O)O)c1cccnc1.CCCc1cc(C(=O)CC)cc(CCC)c1OC(c1ccc(C(C)C)cc1)c1nn[nH]n1.CCCc1cc(OCCc2nc(-c3ccccc3)oc2C)cc(CCC)c1OC(C(=O)O)c1ccc(Cl)cc1. The van der Waals surface area contributed by atoms with Crippen molar-refractivity contribution in [3.8, 4) is 34.5 Å². The Morgan fingerprint density at radius 2 is 1.00 bits per heavy atom. The molecule has 0 saturated carbocycles. The van der Waals surface area contributed by atoms with E-state index in [2.05, 4.69) is 96.4 Å². The van der Waals surface area contributed by atoms with Crippen LogP contribution in [0.4, 0.5) is 0 Å². The number of ether oxygens (including phenoxy) is 4. The number of tetrazole rings is 1. The molecule has 518 valence electrons. The summed E-state index contributed by atoms with van der Waals surface area (Å²) in [5, 5.41) is 35.0. The Hall–Kier alpha value is -9.48. The lowest BCUT2D eigenvalue weighted by Gasteiger charge is -2.23. The molecule has 98 heavy (non-hydrogen) atoms. The van der Waals surface area contributed by atoms with Crippen molar-refractivity contribution < 1.29 is 52.8 Å². The zero-order chi connectivity index (χ0) is 70.7. The van der Waals surface area contributed by atoms with Gasteiger partial charge in [0.2, 0.25) is 23.9 Å². The van der Waals surface area contributed by atoms with Crippen molar-refractivity contribution in [2.45, 2.75) is 197 Å². The number of benzene rings is 6. The largest absolute Gasteiger partial charge is 0.493 e. The summed E-state index contributed by atoms with van der Waals surface area (Å²) < 4.78 is 31.0. The Balaban J connectivity index is 0.000000211. The number of carbonyl (C=O) groups is 4. The summed E-state index contributed by atoms with van der Waals surface area (Å²) in [5.41, 5.74) is 12.3. The van der Waals surface area contributed by atoms with Crippen molar-refractivity contribution in [2.75, 3.05) is 6.61 Å². The van der Waals surface area contributed by atoms with Crippen molar-refractivity contribution in [1.29, 1.82) is 0 Å². The first-order valence-corrected chi connectivity index (χ1v) is 34.9. The third-order valence-corrected chi connectivity index (χ3v) is 16.7. The molecule has 6 aromatic carbocycles. The van der Waals surface area contributed by atoms with Crippen LogP contribution in [-0.2, 0) is 54.5 Å². The van der Waals surface area contributed by atoms with Crippen LogP contribution in [0.15, 0.2) is 144 Å². The molecule has 0 radical (unpaired) electrons. The van der Waals surface area contributed by atoms with Crippen molar-refractivity contribution in [1.82, 2.24) is 30.6 Å². The number of H-pyrrole nitrogens is 1. The van der Waals surface area contributed by atoms with Crippen LogP contribution in [0.3, 0.4) is 0 Å². The van der Waals surface area contributed by atoms with Gasteiger partial charge in [-0.2, -0.15) is 5.21 Å². The van der Waals surface area contributed by atoms with E-state index in [1.54, 1.807) is 42.6 Å². The number of oxazole rings is 1. The lowest BCUT2D eigenvalue weighted by Crippen LogP contribution is -2.20. The molecule has 0 aliphatic carbocycles. The molecule has 17 nitrogen and oxygen atoms in total. The second kappa shape index (κ2) is 38.5. The molecule has 0 aliphatic rings. The maximum Gasteiger partial charge on any atom is 0.349 e. The number of carbonyl (C=O) groups excluding carboxylic acids is 2. The predicted octanol–water partition coefficient (Wildman–Crippen LogP) is 18.8. The van der Waals surface area contributed by atoms with Gasteiger partial charge in [0.1, 0.15) is 28.8 Å². The molecule has 0 spiro atoms. The van der Waals surface area contributed by atoms with Crippen molar-refractivity contribution in [2.24, 2.45) is 0 Å². The van der Waals surface area contributed by atoms with E-state index in [4.69, 9.17) is 35.0 Å². The van der Waals surface area contributed by atoms with Gasteiger partial charge in [0.15, 0.2) is 17.7 Å². The lowest BCUT2D eigenvalue weighted by molar-refractivity contribution is -0.146. The average Bonchev–Trinajstić information content (AvgIpc) is 0.882. The second-order valence-corrected chi connectivity index (χ2v) is 24.9. The van der Waals surface area contributed by atoms with E-state index in [1.807, 2.05) is 101 Å². The Kier molecular flexibility index (Phi) is 29.8. The number of nitrogens with one attached hydrogen (secondary N) is 1. The van der Waals surface area contributed by atoms with Gasteiger partial charge < -0.3 is 33.6 Å². The molecule has 3 atom stereocenters. The van der Waals surface area contributed by atoms with Crippen LogP contribution in [-0.4, -0.2) is 70.9 Å². The van der Waals surface area contributed by atoms with Crippen LogP contribution in [0.25, 0.3) is 11.5 Å². The number of nitrogens with zero attached hydrogens (tertiary/aromatic N) is 5. The van der Waals surface area contributed by atoms with E-state index >= 15 is 0 Å². The van der Waals surface area contributed by atoms with Crippen LogP contribution in [0.5, 0.6) is 23.0 Å². The molecule has 9 aromatic rings. The molecular weight excluding hydrogens is 1260 g/mol. The summed E-state index contributed by atoms with van der Waals surface area (Å²) in [4.78, 5) is 57.5. The van der Waals surface area contributed by atoms with Gasteiger partial charge in [-0.1, -0.05) is 185 Å². The third-order valence-electron chi connectivity index (χ3n) is 16.4. The van der Waals surface area contributed by atoms with Gasteiger partial charge in [0, 0.05) is 70.1 Å². The zero-order valence-electron chi connectivity index (χ0n) is 58.6. The Labute approximate surface area is 582 Å². The number of carboxylic acid groups (broad SMARTS) is 2. The monoisotopic (exact) mass is 1350 g/mol. The number of aromatic amines is 1. The molecule has 0 aliphatic heterocycles. The standard InChI is InChI=1S/C32H34ClNO5.C26H34N4O2.C22H27NO4/c1-4-9-24-19-27(37-18-17-28-21(3)38-31(34-28)23-11-7-6-8-12-23)20-25(10-5-2)29(24)39-30(32(35)36)22-13-15-26(33)16-14-22;1-6-9-20-15-22(23(31)8-3)16-21(10-7-2)24(20)32-25(26-27-29-30-28-26)19-13-11-18(12-14-19)17(4)5;1-4-8-15-12-18(19(24)6-3)13-16(9-5-2)20(15)27-21(22(25)26)17-10-7-11-23-14-17/h6-8,11-16,19-20,30H,4-5,9-10,17-18H2,1-3H3,(H,35,36);11-17,25H,6-10H2,1-5H3,(H,27,28,29,30);7,10-14,21H,4-6,8-9H2,1-3H3,(H,25,26). The molecule has 0 amide bonds. The number of ketones is 2. The molecule has 18 heteroatoms. The summed E-state index contributed by atoms with van der Waals surface area (Å²) in [6, 6.07) is 40.0. The minimum Gasteiger partial charge on any atom is -0.493 e. The minimum atomic E-state index is -1.14. The summed E-state index contributed by atoms with van der Waals surface area (Å²) in [7, 11) is 0.